The number of unbranched alkanes of at least 4 members (excludes halogenated alkanes) is 5. The van der Waals surface area contributed by atoms with Gasteiger partial charge in [-0.3, -0.25) is 19.2 Å². The first-order chi connectivity index (χ1) is 35.6. The summed E-state index contributed by atoms with van der Waals surface area (Å²) in [7, 11) is 0. The number of anilines is 4. The van der Waals surface area contributed by atoms with Crippen LogP contribution in [-0.2, 0) is 0 Å². The molecule has 0 saturated carbocycles. The van der Waals surface area contributed by atoms with Crippen molar-refractivity contribution in [1.82, 2.24) is 8.80 Å². The highest BCUT2D eigenvalue weighted by atomic mass is 16.5. The minimum Gasteiger partial charge on any atom is -0.494 e. The van der Waals surface area contributed by atoms with Gasteiger partial charge < -0.3 is 50.6 Å². The van der Waals surface area contributed by atoms with Crippen LogP contribution in [0.5, 0.6) is 11.5 Å². The maximum atomic E-state index is 14.0. The van der Waals surface area contributed by atoms with Gasteiger partial charge in [-0.25, -0.2) is 9.59 Å². The molecule has 0 aliphatic carbocycles. The second-order valence-corrected chi connectivity index (χ2v) is 18.1. The molecule has 0 spiro atoms. The van der Waals surface area contributed by atoms with E-state index in [0.29, 0.717) is 69.4 Å². The van der Waals surface area contributed by atoms with Gasteiger partial charge in [0.05, 0.1) is 58.1 Å². The Morgan fingerprint density at radius 3 is 1.27 bits per heavy atom. The molecule has 4 aromatic heterocycles. The molecule has 0 atom stereocenters. The summed E-state index contributed by atoms with van der Waals surface area (Å²) in [6, 6.07) is 30.4. The van der Waals surface area contributed by atoms with Crippen LogP contribution in [0.25, 0.3) is 11.0 Å². The average Bonchev–Trinajstić information content (AvgIpc) is 3.82. The lowest BCUT2D eigenvalue weighted by Gasteiger charge is -2.11. The lowest BCUT2D eigenvalue weighted by Crippen LogP contribution is -2.14. The van der Waals surface area contributed by atoms with Crippen LogP contribution in [-0.4, -0.2) is 67.5 Å². The molecule has 4 heterocycles. The van der Waals surface area contributed by atoms with Crippen molar-refractivity contribution in [2.24, 2.45) is 0 Å². The highest BCUT2D eigenvalue weighted by Crippen LogP contribution is 2.35. The van der Waals surface area contributed by atoms with Crippen LogP contribution in [0.15, 0.2) is 122 Å². The Morgan fingerprint density at radius 1 is 0.486 bits per heavy atom. The van der Waals surface area contributed by atoms with Crippen LogP contribution in [0.3, 0.4) is 0 Å². The first-order valence-corrected chi connectivity index (χ1v) is 24.2. The number of nitrogen functional groups attached to an aromatic ring is 2. The molecule has 0 radical (unpaired) electrons. The zero-order chi connectivity index (χ0) is 52.8. The van der Waals surface area contributed by atoms with E-state index in [1.54, 1.807) is 134 Å². The number of nitrogens with two attached hydrogens (primary N) is 2. The molecule has 0 aliphatic rings. The number of ketones is 2. The number of carboxylic acids is 2. The summed E-state index contributed by atoms with van der Waals surface area (Å²) in [6.07, 6.45) is 8.99. The fourth-order valence-corrected chi connectivity index (χ4v) is 9.44. The average molecular weight is 997 g/mol. The second-order valence-electron chi connectivity index (χ2n) is 18.1. The Kier molecular flexibility index (Phi) is 15.3. The van der Waals surface area contributed by atoms with Crippen molar-refractivity contribution in [2.45, 2.75) is 66.2 Å². The number of carbonyl (C=O) groups excluding carboxylic acids is 4. The van der Waals surface area contributed by atoms with E-state index in [0.717, 1.165) is 38.5 Å². The highest BCUT2D eigenvalue weighted by molar-refractivity contribution is 6.17. The van der Waals surface area contributed by atoms with Gasteiger partial charge in [-0.05, 0) is 137 Å². The molecule has 0 aliphatic heterocycles. The number of hydrogen-bond donors (Lipinski definition) is 6. The quantitative estimate of drug-likeness (QED) is 0.0224. The van der Waals surface area contributed by atoms with Gasteiger partial charge in [0.15, 0.2) is 0 Å². The van der Waals surface area contributed by atoms with Crippen LogP contribution in [0.2, 0.25) is 0 Å². The lowest BCUT2D eigenvalue weighted by molar-refractivity contribution is 0.0686. The largest absolute Gasteiger partial charge is 0.494 e. The summed E-state index contributed by atoms with van der Waals surface area (Å²) in [4.78, 5) is 79.3. The number of carbonyl (C=O) groups is 6. The summed E-state index contributed by atoms with van der Waals surface area (Å²) in [5, 5.41) is 25.5. The monoisotopic (exact) mass is 996 g/mol. The van der Waals surface area contributed by atoms with Crippen LogP contribution >= 0.6 is 0 Å². The van der Waals surface area contributed by atoms with Crippen LogP contribution in [0, 0.1) is 27.7 Å². The highest BCUT2D eigenvalue weighted by Gasteiger charge is 2.28. The van der Waals surface area contributed by atoms with E-state index in [1.165, 1.54) is 24.3 Å². The molecule has 8 N–H and O–H groups in total. The third kappa shape index (κ3) is 10.4. The summed E-state index contributed by atoms with van der Waals surface area (Å²) in [5.74, 6) is -2.93. The first kappa shape index (κ1) is 51.2. The van der Waals surface area contributed by atoms with Crippen molar-refractivity contribution < 1.29 is 48.5 Å². The zero-order valence-electron chi connectivity index (χ0n) is 41.4. The Balaban J connectivity index is 0.787. The van der Waals surface area contributed by atoms with Crippen LogP contribution in [0.1, 0.15) is 134 Å². The predicted octanol–water partition coefficient (Wildman–Crippen LogP) is 10.8. The molecular formula is C58H56N6O10. The maximum absolute atomic E-state index is 14.0. The van der Waals surface area contributed by atoms with Crippen molar-refractivity contribution in [2.75, 3.05) is 35.3 Å². The number of carboxylic acid groups (broad SMARTS) is 2. The molecule has 74 heavy (non-hydrogen) atoms. The van der Waals surface area contributed by atoms with E-state index in [1.807, 2.05) is 0 Å². The Hall–Kier alpha value is -9.18. The van der Waals surface area contributed by atoms with Gasteiger partial charge in [-0.15, -0.1) is 0 Å². The SMILES string of the molecule is Cc1c(C(=O)c2c(C)c(NC(=O)c3cccc(OCCCCCCCCOc4cccc(C(=O)Nc5c(C)c(C(=O)c6ccc(N)c(C(=O)O)c6C)n6ccccc56)c4)c3)c3ccccn23)ccc(N)c1C(=O)O. The van der Waals surface area contributed by atoms with Gasteiger partial charge in [-0.1, -0.05) is 49.9 Å². The molecule has 16 nitrogen and oxygen atoms in total. The normalized spacial score (nSPS) is 11.1. The summed E-state index contributed by atoms with van der Waals surface area (Å²) in [5.41, 5.74) is 17.1. The van der Waals surface area contributed by atoms with Crippen LogP contribution in [0.4, 0.5) is 22.7 Å². The van der Waals surface area contributed by atoms with Crippen molar-refractivity contribution in [1.29, 1.82) is 0 Å². The molecule has 2 amide bonds. The number of nitrogens with one attached hydrogen (secondary N) is 2. The van der Waals surface area contributed by atoms with Gasteiger partial charge in [0, 0.05) is 57.1 Å². The number of hydrogen-bond acceptors (Lipinski definition) is 10. The van der Waals surface area contributed by atoms with Gasteiger partial charge in [0.25, 0.3) is 11.8 Å². The molecule has 0 saturated heterocycles. The summed E-state index contributed by atoms with van der Waals surface area (Å²) in [6.45, 7) is 7.53. The minimum atomic E-state index is -1.23. The van der Waals surface area contributed by atoms with E-state index in [4.69, 9.17) is 20.9 Å². The molecule has 0 bridgehead atoms. The number of fused-ring (bicyclic) bond motifs is 2. The van der Waals surface area contributed by atoms with E-state index in [2.05, 4.69) is 10.6 Å². The van der Waals surface area contributed by atoms with Gasteiger partial charge >= 0.3 is 11.9 Å². The van der Waals surface area contributed by atoms with E-state index < -0.39 is 23.5 Å². The van der Waals surface area contributed by atoms with Crippen molar-refractivity contribution in [3.63, 3.8) is 0 Å². The third-order valence-corrected chi connectivity index (χ3v) is 13.3. The fourth-order valence-electron chi connectivity index (χ4n) is 9.44. The third-order valence-electron chi connectivity index (χ3n) is 13.3. The molecule has 0 fully saturated rings. The zero-order valence-corrected chi connectivity index (χ0v) is 41.4. The van der Waals surface area contributed by atoms with Crippen LogP contribution < -0.4 is 31.6 Å². The Labute approximate surface area is 426 Å². The number of amides is 2. The van der Waals surface area contributed by atoms with Gasteiger partial charge in [-0.2, -0.15) is 0 Å². The number of aromatic nitrogens is 2. The van der Waals surface area contributed by atoms with E-state index in [9.17, 15) is 39.0 Å². The van der Waals surface area contributed by atoms with E-state index >= 15 is 0 Å². The molecule has 4 aromatic carbocycles. The topological polar surface area (TPSA) is 246 Å². The maximum Gasteiger partial charge on any atom is 0.338 e. The summed E-state index contributed by atoms with van der Waals surface area (Å²) < 4.78 is 15.4. The van der Waals surface area contributed by atoms with Crippen molar-refractivity contribution in [3.05, 3.63) is 189 Å². The second kappa shape index (κ2) is 22.1. The molecule has 378 valence electrons. The molecule has 16 heteroatoms. The molecule has 8 rings (SSSR count). The summed E-state index contributed by atoms with van der Waals surface area (Å²) >= 11 is 0. The standard InChI is InChI=1S/C58H56N6O10/c1-33-41(23-25-43(59)47(33)57(69)70)53(65)51-35(3)49(45-21-9-11-27-63(45)51)61-55(67)37-17-15-19-39(31-37)73-29-13-7-5-6-8-14-30-74-40-20-16-18-38(32-40)56(68)62-50-36(4)52(64-28-12-10-22-46(50)64)54(66)42-24-26-44(60)48(34(42)2)58(71)72/h9-12,15-28,31-32H,5-8,13-14,29-30,59-60H2,1-4H3,(H,61,67)(H,62,68)(H,69,70)(H,71,72). The molecular weight excluding hydrogens is 941 g/mol. The van der Waals surface area contributed by atoms with E-state index in [-0.39, 0.29) is 68.0 Å². The van der Waals surface area contributed by atoms with Crippen molar-refractivity contribution in [3.8, 4) is 11.5 Å². The Morgan fingerprint density at radius 2 is 0.878 bits per heavy atom. The van der Waals surface area contributed by atoms with Gasteiger partial charge in [0.1, 0.15) is 11.5 Å². The van der Waals surface area contributed by atoms with Crippen molar-refractivity contribution >= 4 is 69.1 Å². The lowest BCUT2D eigenvalue weighted by atomic mass is 9.95. The molecule has 0 unspecified atom stereocenters. The first-order valence-electron chi connectivity index (χ1n) is 24.2. The number of nitrogens with zero attached hydrogens (tertiary/aromatic N) is 2. The predicted molar refractivity (Wildman–Crippen MR) is 284 cm³/mol. The number of ether oxygens (including phenoxy) is 2. The Bertz CT molecular complexity index is 3300. The number of rotatable bonds is 21. The fraction of sp³-hybridized carbons (Fsp3) is 0.207. The number of benzene rings is 4. The van der Waals surface area contributed by atoms with Gasteiger partial charge in [0.2, 0.25) is 11.6 Å². The number of aromatic carboxylic acids is 2. The minimum absolute atomic E-state index is 0.0633. The smallest absolute Gasteiger partial charge is 0.338 e. The molecule has 8 aromatic rings. The number of pyridine rings is 2.